The van der Waals surface area contributed by atoms with E-state index in [0.29, 0.717) is 13.1 Å². The zero-order valence-corrected chi connectivity index (χ0v) is 10.6. The first-order valence-electron chi connectivity index (χ1n) is 6.22. The first-order valence-corrected chi connectivity index (χ1v) is 6.22. The average molecular weight is 235 g/mol. The van der Waals surface area contributed by atoms with Crippen LogP contribution < -0.4 is 0 Å². The maximum absolute atomic E-state index is 10.2. The van der Waals surface area contributed by atoms with Gasteiger partial charge in [0.25, 0.3) is 0 Å². The fourth-order valence-electron chi connectivity index (χ4n) is 2.44. The minimum absolute atomic E-state index is 0.221. The van der Waals surface area contributed by atoms with Crippen molar-refractivity contribution in [3.05, 3.63) is 34.9 Å². The van der Waals surface area contributed by atoms with Crippen LogP contribution in [0.3, 0.4) is 0 Å². The Morgan fingerprint density at radius 2 is 2.18 bits per heavy atom. The number of hydrogen-bond acceptors (Lipinski definition) is 3. The first-order chi connectivity index (χ1) is 8.06. The topological polar surface area (TPSA) is 43.7 Å². The van der Waals surface area contributed by atoms with Gasteiger partial charge < -0.3 is 10.2 Å². The summed E-state index contributed by atoms with van der Waals surface area (Å²) in [6.07, 6.45) is 0.139. The summed E-state index contributed by atoms with van der Waals surface area (Å²) in [6, 6.07) is 6.16. The molecule has 0 saturated carbocycles. The van der Waals surface area contributed by atoms with E-state index < -0.39 is 6.10 Å². The highest BCUT2D eigenvalue weighted by atomic mass is 16.3. The molecule has 2 rings (SSSR count). The summed E-state index contributed by atoms with van der Waals surface area (Å²) in [5, 5.41) is 19.7. The standard InChI is InChI=1S/C14H21NO2/c1-10-3-4-11(2)13(7-10)14(17)9-15-6-5-12(16)8-15/h3-4,7,12,14,16-17H,5-6,8-9H2,1-2H3/t12-,14-/m0/s1. The minimum Gasteiger partial charge on any atom is -0.392 e. The van der Waals surface area contributed by atoms with Crippen molar-refractivity contribution < 1.29 is 10.2 Å². The van der Waals surface area contributed by atoms with E-state index in [-0.39, 0.29) is 6.10 Å². The van der Waals surface area contributed by atoms with Crippen LogP contribution in [0.4, 0.5) is 0 Å². The van der Waals surface area contributed by atoms with Crippen molar-refractivity contribution in [1.29, 1.82) is 0 Å². The molecule has 2 N–H and O–H groups in total. The van der Waals surface area contributed by atoms with E-state index in [1.54, 1.807) is 0 Å². The van der Waals surface area contributed by atoms with Gasteiger partial charge in [-0.2, -0.15) is 0 Å². The third-order valence-electron chi connectivity index (χ3n) is 3.47. The third kappa shape index (κ3) is 3.06. The van der Waals surface area contributed by atoms with Crippen LogP contribution >= 0.6 is 0 Å². The molecule has 1 aliphatic heterocycles. The molecule has 1 heterocycles. The molecule has 2 atom stereocenters. The lowest BCUT2D eigenvalue weighted by atomic mass is 10.0. The Morgan fingerprint density at radius 3 is 2.82 bits per heavy atom. The van der Waals surface area contributed by atoms with Crippen molar-refractivity contribution in [1.82, 2.24) is 4.90 Å². The summed E-state index contributed by atoms with van der Waals surface area (Å²) in [6.45, 7) is 6.23. The summed E-state index contributed by atoms with van der Waals surface area (Å²) < 4.78 is 0. The molecule has 0 radical (unpaired) electrons. The Hall–Kier alpha value is -0.900. The highest BCUT2D eigenvalue weighted by Crippen LogP contribution is 2.21. The van der Waals surface area contributed by atoms with E-state index in [1.807, 2.05) is 26.0 Å². The van der Waals surface area contributed by atoms with Gasteiger partial charge >= 0.3 is 0 Å². The second-order valence-electron chi connectivity index (χ2n) is 5.08. The highest BCUT2D eigenvalue weighted by molar-refractivity contribution is 5.32. The van der Waals surface area contributed by atoms with E-state index in [9.17, 15) is 10.2 Å². The number of rotatable bonds is 3. The molecular formula is C14H21NO2. The van der Waals surface area contributed by atoms with Crippen molar-refractivity contribution in [3.8, 4) is 0 Å². The molecular weight excluding hydrogens is 214 g/mol. The molecule has 3 nitrogen and oxygen atoms in total. The molecule has 0 aromatic heterocycles. The quantitative estimate of drug-likeness (QED) is 0.832. The second kappa shape index (κ2) is 5.17. The van der Waals surface area contributed by atoms with Gasteiger partial charge in [0.2, 0.25) is 0 Å². The van der Waals surface area contributed by atoms with Gasteiger partial charge in [-0.05, 0) is 31.4 Å². The molecule has 1 aromatic rings. The Balaban J connectivity index is 2.04. The molecule has 1 saturated heterocycles. The van der Waals surface area contributed by atoms with Crippen LogP contribution in [0.15, 0.2) is 18.2 Å². The van der Waals surface area contributed by atoms with Crippen molar-refractivity contribution in [2.75, 3.05) is 19.6 Å². The Labute approximate surface area is 103 Å². The van der Waals surface area contributed by atoms with Crippen LogP contribution in [0.5, 0.6) is 0 Å². The van der Waals surface area contributed by atoms with Crippen molar-refractivity contribution in [3.63, 3.8) is 0 Å². The molecule has 0 aliphatic carbocycles. The number of aliphatic hydroxyl groups is 2. The second-order valence-corrected chi connectivity index (χ2v) is 5.08. The number of aryl methyl sites for hydroxylation is 2. The Morgan fingerprint density at radius 1 is 1.41 bits per heavy atom. The molecule has 0 spiro atoms. The predicted octanol–water partition coefficient (Wildman–Crippen LogP) is 1.40. The number of hydrogen-bond donors (Lipinski definition) is 2. The maximum atomic E-state index is 10.2. The lowest BCUT2D eigenvalue weighted by molar-refractivity contribution is 0.113. The smallest absolute Gasteiger partial charge is 0.0919 e. The Bertz CT molecular complexity index is 392. The lowest BCUT2D eigenvalue weighted by Crippen LogP contribution is -2.27. The zero-order valence-electron chi connectivity index (χ0n) is 10.6. The van der Waals surface area contributed by atoms with Gasteiger partial charge in [-0.1, -0.05) is 23.8 Å². The SMILES string of the molecule is Cc1ccc(C)c([C@@H](O)CN2CC[C@H](O)C2)c1. The predicted molar refractivity (Wildman–Crippen MR) is 67.9 cm³/mol. The molecule has 17 heavy (non-hydrogen) atoms. The Kier molecular flexibility index (Phi) is 3.82. The molecule has 94 valence electrons. The van der Waals surface area contributed by atoms with Gasteiger partial charge in [0.05, 0.1) is 12.2 Å². The van der Waals surface area contributed by atoms with Gasteiger partial charge in [-0.3, -0.25) is 4.90 Å². The van der Waals surface area contributed by atoms with Gasteiger partial charge in [0.15, 0.2) is 0 Å². The summed E-state index contributed by atoms with van der Waals surface area (Å²) >= 11 is 0. The van der Waals surface area contributed by atoms with E-state index in [2.05, 4.69) is 11.0 Å². The average Bonchev–Trinajstić information content (AvgIpc) is 2.67. The largest absolute Gasteiger partial charge is 0.392 e. The van der Waals surface area contributed by atoms with Crippen LogP contribution in [0.1, 0.15) is 29.2 Å². The fraction of sp³-hybridized carbons (Fsp3) is 0.571. The van der Waals surface area contributed by atoms with E-state index >= 15 is 0 Å². The molecule has 1 fully saturated rings. The summed E-state index contributed by atoms with van der Waals surface area (Å²) in [5.41, 5.74) is 3.31. The van der Waals surface area contributed by atoms with Gasteiger partial charge in [-0.15, -0.1) is 0 Å². The van der Waals surface area contributed by atoms with Crippen LogP contribution in [0.2, 0.25) is 0 Å². The van der Waals surface area contributed by atoms with Gasteiger partial charge in [-0.25, -0.2) is 0 Å². The van der Waals surface area contributed by atoms with Crippen molar-refractivity contribution >= 4 is 0 Å². The number of nitrogens with zero attached hydrogens (tertiary/aromatic N) is 1. The van der Waals surface area contributed by atoms with E-state index in [0.717, 1.165) is 24.1 Å². The third-order valence-corrected chi connectivity index (χ3v) is 3.47. The highest BCUT2D eigenvalue weighted by Gasteiger charge is 2.23. The summed E-state index contributed by atoms with van der Waals surface area (Å²) in [4.78, 5) is 2.12. The molecule has 0 amide bonds. The summed E-state index contributed by atoms with van der Waals surface area (Å²) in [7, 11) is 0. The lowest BCUT2D eigenvalue weighted by Gasteiger charge is -2.21. The molecule has 1 aromatic carbocycles. The van der Waals surface area contributed by atoms with Gasteiger partial charge in [0.1, 0.15) is 0 Å². The number of likely N-dealkylation sites (tertiary alicyclic amines) is 1. The molecule has 0 unspecified atom stereocenters. The summed E-state index contributed by atoms with van der Waals surface area (Å²) in [5.74, 6) is 0. The van der Waals surface area contributed by atoms with Crippen molar-refractivity contribution in [2.24, 2.45) is 0 Å². The maximum Gasteiger partial charge on any atom is 0.0919 e. The number of aliphatic hydroxyl groups excluding tert-OH is 2. The van der Waals surface area contributed by atoms with Gasteiger partial charge in [0, 0.05) is 19.6 Å². The number of benzene rings is 1. The minimum atomic E-state index is -0.458. The monoisotopic (exact) mass is 235 g/mol. The molecule has 0 bridgehead atoms. The number of β-amino-alcohol motifs (C(OH)–C–C–N with tert-alkyl or cyclic N) is 2. The normalized spacial score (nSPS) is 22.9. The zero-order chi connectivity index (χ0) is 12.4. The van der Waals surface area contributed by atoms with Crippen LogP contribution in [0, 0.1) is 13.8 Å². The van der Waals surface area contributed by atoms with Crippen LogP contribution in [-0.4, -0.2) is 40.9 Å². The van der Waals surface area contributed by atoms with Crippen LogP contribution in [-0.2, 0) is 0 Å². The van der Waals surface area contributed by atoms with Crippen LogP contribution in [0.25, 0.3) is 0 Å². The molecule has 3 heteroatoms. The first kappa shape index (κ1) is 12.6. The molecule has 1 aliphatic rings. The fourth-order valence-corrected chi connectivity index (χ4v) is 2.44. The van der Waals surface area contributed by atoms with E-state index in [4.69, 9.17) is 0 Å². The van der Waals surface area contributed by atoms with E-state index in [1.165, 1.54) is 5.56 Å². The van der Waals surface area contributed by atoms with Crippen molar-refractivity contribution in [2.45, 2.75) is 32.5 Å².